The molecule has 0 unspecified atom stereocenters. The topological polar surface area (TPSA) is 29.1 Å². The van der Waals surface area contributed by atoms with E-state index in [1.165, 1.54) is 12.1 Å². The maximum atomic E-state index is 13.3. The first-order valence-corrected chi connectivity index (χ1v) is 5.46. The van der Waals surface area contributed by atoms with E-state index >= 15 is 0 Å². The third kappa shape index (κ3) is 2.94. The average molecular weight is 307 g/mol. The van der Waals surface area contributed by atoms with Crippen LogP contribution in [0.4, 0.5) is 4.39 Å². The number of carbonyl (C=O) groups excluding carboxylic acids is 1. The van der Waals surface area contributed by atoms with Crippen molar-refractivity contribution in [3.8, 4) is 0 Å². The maximum absolute atomic E-state index is 13.3. The van der Waals surface area contributed by atoms with E-state index in [1.54, 1.807) is 6.07 Å². The van der Waals surface area contributed by atoms with Crippen molar-refractivity contribution in [2.24, 2.45) is 0 Å². The quantitative estimate of drug-likeness (QED) is 0.855. The lowest BCUT2D eigenvalue weighted by Gasteiger charge is -2.04. The normalized spacial score (nSPS) is 9.93. The molecular weight excluding hydrogens is 296 g/mol. The molecule has 1 N–H and O–H groups in total. The molecule has 0 spiro atoms. The minimum absolute atomic E-state index is 0.110. The van der Waals surface area contributed by atoms with E-state index in [4.69, 9.17) is 0 Å². The molecule has 14 heavy (non-hydrogen) atoms. The van der Waals surface area contributed by atoms with Gasteiger partial charge in [0.2, 0.25) is 0 Å². The predicted octanol–water partition coefficient (Wildman–Crippen LogP) is 2.57. The Bertz CT molecular complexity index is 341. The van der Waals surface area contributed by atoms with E-state index in [0.29, 0.717) is 6.54 Å². The van der Waals surface area contributed by atoms with Gasteiger partial charge >= 0.3 is 0 Å². The fourth-order valence-electron chi connectivity index (χ4n) is 1.01. The summed E-state index contributed by atoms with van der Waals surface area (Å²) in [4.78, 5) is 11.4. The molecule has 1 amide bonds. The van der Waals surface area contributed by atoms with Gasteiger partial charge in [-0.3, -0.25) is 4.79 Å². The molecule has 0 aromatic heterocycles. The van der Waals surface area contributed by atoms with E-state index in [2.05, 4.69) is 5.32 Å². The molecule has 2 nitrogen and oxygen atoms in total. The van der Waals surface area contributed by atoms with Crippen LogP contribution in [-0.2, 0) is 0 Å². The summed E-state index contributed by atoms with van der Waals surface area (Å²) in [6, 6.07) is 4.56. The molecule has 0 aliphatic rings. The first-order chi connectivity index (χ1) is 6.65. The van der Waals surface area contributed by atoms with Crippen LogP contribution in [0.15, 0.2) is 18.2 Å². The number of nitrogens with one attached hydrogen (secondary N) is 1. The van der Waals surface area contributed by atoms with Crippen molar-refractivity contribution in [2.45, 2.75) is 13.3 Å². The van der Waals surface area contributed by atoms with Crippen molar-refractivity contribution in [3.63, 3.8) is 0 Å². The fraction of sp³-hybridized carbons (Fsp3) is 0.300. The lowest BCUT2D eigenvalue weighted by atomic mass is 10.2. The van der Waals surface area contributed by atoms with E-state index in [0.717, 1.165) is 9.99 Å². The van der Waals surface area contributed by atoms with Gasteiger partial charge < -0.3 is 5.32 Å². The Morgan fingerprint density at radius 2 is 2.29 bits per heavy atom. The number of rotatable bonds is 3. The highest BCUT2D eigenvalue weighted by atomic mass is 127. The molecule has 0 aliphatic heterocycles. The molecular formula is C10H11FINO. The van der Waals surface area contributed by atoms with Gasteiger partial charge in [0.05, 0.1) is 5.56 Å². The second-order valence-electron chi connectivity index (χ2n) is 2.88. The summed E-state index contributed by atoms with van der Waals surface area (Å²) in [5, 5.41) is 2.63. The lowest BCUT2D eigenvalue weighted by molar-refractivity contribution is 0.0949. The highest BCUT2D eigenvalue weighted by Crippen LogP contribution is 2.11. The van der Waals surface area contributed by atoms with Crippen molar-refractivity contribution in [2.75, 3.05) is 6.54 Å². The van der Waals surface area contributed by atoms with Crippen LogP contribution in [0, 0.1) is 9.39 Å². The third-order valence-corrected chi connectivity index (χ3v) is 2.38. The molecule has 0 radical (unpaired) electrons. The molecule has 0 fully saturated rings. The Balaban J connectivity index is 2.80. The zero-order valence-corrected chi connectivity index (χ0v) is 9.97. The lowest BCUT2D eigenvalue weighted by Crippen LogP contribution is -2.24. The smallest absolute Gasteiger partial charge is 0.254 e. The van der Waals surface area contributed by atoms with Crippen LogP contribution in [0.25, 0.3) is 0 Å². The number of benzene rings is 1. The van der Waals surface area contributed by atoms with Gasteiger partial charge in [0.15, 0.2) is 0 Å². The van der Waals surface area contributed by atoms with Crippen LogP contribution in [-0.4, -0.2) is 12.5 Å². The molecule has 0 saturated heterocycles. The first-order valence-electron chi connectivity index (χ1n) is 4.38. The molecule has 1 aromatic rings. The molecule has 0 heterocycles. The predicted molar refractivity (Wildman–Crippen MR) is 61.7 cm³/mol. The van der Waals surface area contributed by atoms with Gasteiger partial charge in [0, 0.05) is 10.1 Å². The van der Waals surface area contributed by atoms with Crippen molar-refractivity contribution in [1.82, 2.24) is 5.32 Å². The van der Waals surface area contributed by atoms with Crippen LogP contribution < -0.4 is 5.32 Å². The van der Waals surface area contributed by atoms with Gasteiger partial charge in [0.25, 0.3) is 5.91 Å². The van der Waals surface area contributed by atoms with Crippen molar-refractivity contribution < 1.29 is 9.18 Å². The second kappa shape index (κ2) is 5.29. The summed E-state index contributed by atoms with van der Waals surface area (Å²) >= 11 is 2.00. The summed E-state index contributed by atoms with van der Waals surface area (Å²) < 4.78 is 14.0. The van der Waals surface area contributed by atoms with Gasteiger partial charge in [-0.1, -0.05) is 6.92 Å². The Kier molecular flexibility index (Phi) is 4.31. The summed E-state index contributed by atoms with van der Waals surface area (Å²) in [5.41, 5.74) is 0.110. The largest absolute Gasteiger partial charge is 0.352 e. The first kappa shape index (κ1) is 11.4. The van der Waals surface area contributed by atoms with Crippen molar-refractivity contribution in [1.29, 1.82) is 0 Å². The van der Waals surface area contributed by atoms with Gasteiger partial charge in [-0.2, -0.15) is 0 Å². The third-order valence-electron chi connectivity index (χ3n) is 1.71. The Labute approximate surface area is 96.0 Å². The van der Waals surface area contributed by atoms with Crippen molar-refractivity contribution >= 4 is 28.5 Å². The van der Waals surface area contributed by atoms with Crippen LogP contribution in [0.2, 0.25) is 0 Å². The van der Waals surface area contributed by atoms with Crippen LogP contribution in [0.5, 0.6) is 0 Å². The number of carbonyl (C=O) groups is 1. The van der Waals surface area contributed by atoms with Crippen molar-refractivity contribution in [3.05, 3.63) is 33.1 Å². The van der Waals surface area contributed by atoms with E-state index < -0.39 is 5.82 Å². The SMILES string of the molecule is CCCNC(=O)c1ccc(I)cc1F. The molecule has 0 atom stereocenters. The van der Waals surface area contributed by atoms with Crippen LogP contribution >= 0.6 is 22.6 Å². The molecule has 76 valence electrons. The minimum Gasteiger partial charge on any atom is -0.352 e. The van der Waals surface area contributed by atoms with E-state index in [1.807, 2.05) is 29.5 Å². The highest BCUT2D eigenvalue weighted by Gasteiger charge is 2.10. The monoisotopic (exact) mass is 307 g/mol. The van der Waals surface area contributed by atoms with E-state index in [-0.39, 0.29) is 11.5 Å². The average Bonchev–Trinajstić information content (AvgIpc) is 2.14. The van der Waals surface area contributed by atoms with E-state index in [9.17, 15) is 9.18 Å². The molecule has 0 bridgehead atoms. The second-order valence-corrected chi connectivity index (χ2v) is 4.13. The minimum atomic E-state index is -0.467. The Morgan fingerprint density at radius 1 is 1.57 bits per heavy atom. The molecule has 4 heteroatoms. The molecule has 0 saturated carbocycles. The van der Waals surface area contributed by atoms with Gasteiger partial charge in [-0.05, 0) is 47.2 Å². The highest BCUT2D eigenvalue weighted by molar-refractivity contribution is 14.1. The maximum Gasteiger partial charge on any atom is 0.254 e. The summed E-state index contributed by atoms with van der Waals surface area (Å²) in [6.07, 6.45) is 0.845. The zero-order chi connectivity index (χ0) is 10.6. The standard InChI is InChI=1S/C10H11FINO/c1-2-5-13-10(14)8-4-3-7(12)6-9(8)11/h3-4,6H,2,5H2,1H3,(H,13,14). The Hall–Kier alpha value is -0.650. The summed E-state index contributed by atoms with van der Waals surface area (Å²) in [7, 11) is 0. The number of halogens is 2. The molecule has 1 aromatic carbocycles. The zero-order valence-electron chi connectivity index (χ0n) is 7.81. The fourth-order valence-corrected chi connectivity index (χ4v) is 1.46. The summed E-state index contributed by atoms with van der Waals surface area (Å²) in [6.45, 7) is 2.52. The number of hydrogen-bond donors (Lipinski definition) is 1. The molecule has 0 aliphatic carbocycles. The molecule has 1 rings (SSSR count). The van der Waals surface area contributed by atoms with Crippen LogP contribution in [0.3, 0.4) is 0 Å². The van der Waals surface area contributed by atoms with Crippen LogP contribution in [0.1, 0.15) is 23.7 Å². The summed E-state index contributed by atoms with van der Waals surface area (Å²) in [5.74, 6) is -0.814. The van der Waals surface area contributed by atoms with Gasteiger partial charge in [0.1, 0.15) is 5.82 Å². The number of amides is 1. The van der Waals surface area contributed by atoms with Gasteiger partial charge in [-0.25, -0.2) is 4.39 Å². The Morgan fingerprint density at radius 3 is 2.86 bits per heavy atom. The number of hydrogen-bond acceptors (Lipinski definition) is 1. The van der Waals surface area contributed by atoms with Gasteiger partial charge in [-0.15, -0.1) is 0 Å².